The summed E-state index contributed by atoms with van der Waals surface area (Å²) in [7, 11) is 1.45. The number of benzene rings is 2. The summed E-state index contributed by atoms with van der Waals surface area (Å²) < 4.78 is 17.9. The van der Waals surface area contributed by atoms with Crippen LogP contribution in [0.15, 0.2) is 75.7 Å². The standard InChI is InChI=1S/C28H26N2O6S/c1-5-35-27(33)24-17(2)29-28-30(25(24)20-14-15-21(36-18(3)31)22(16-20)34-4)26(32)23(37-28)13-9-12-19-10-7-6-8-11-19/h6-16,25H,5H2,1-4H3/b12-9+,23-13-. The van der Waals surface area contributed by atoms with E-state index in [0.29, 0.717) is 26.3 Å². The molecule has 37 heavy (non-hydrogen) atoms. The Labute approximate surface area is 217 Å². The first-order valence-electron chi connectivity index (χ1n) is 11.6. The van der Waals surface area contributed by atoms with Crippen molar-refractivity contribution in [1.82, 2.24) is 4.57 Å². The maximum atomic E-state index is 13.6. The molecular formula is C28H26N2O6S. The Morgan fingerprint density at radius 1 is 1.14 bits per heavy atom. The topological polar surface area (TPSA) is 96.2 Å². The van der Waals surface area contributed by atoms with Crippen LogP contribution < -0.4 is 24.4 Å². The largest absolute Gasteiger partial charge is 0.493 e. The van der Waals surface area contributed by atoms with Gasteiger partial charge in [0, 0.05) is 6.92 Å². The lowest BCUT2D eigenvalue weighted by atomic mass is 9.95. The second kappa shape index (κ2) is 11.2. The predicted molar refractivity (Wildman–Crippen MR) is 141 cm³/mol. The van der Waals surface area contributed by atoms with Gasteiger partial charge in [-0.05, 0) is 43.2 Å². The molecule has 8 nitrogen and oxygen atoms in total. The number of carbonyl (C=O) groups is 2. The molecule has 2 aromatic carbocycles. The Balaban J connectivity index is 1.88. The number of methoxy groups -OCH3 is 1. The van der Waals surface area contributed by atoms with Gasteiger partial charge in [-0.25, -0.2) is 9.79 Å². The fourth-order valence-electron chi connectivity index (χ4n) is 4.03. The molecule has 0 bridgehead atoms. The normalized spacial score (nSPS) is 15.4. The van der Waals surface area contributed by atoms with Gasteiger partial charge in [-0.1, -0.05) is 59.9 Å². The van der Waals surface area contributed by atoms with E-state index < -0.39 is 18.0 Å². The van der Waals surface area contributed by atoms with Gasteiger partial charge in [-0.2, -0.15) is 0 Å². The highest BCUT2D eigenvalue weighted by Crippen LogP contribution is 2.36. The molecule has 0 saturated heterocycles. The van der Waals surface area contributed by atoms with Gasteiger partial charge in [-0.15, -0.1) is 0 Å². The van der Waals surface area contributed by atoms with E-state index in [1.165, 1.54) is 29.9 Å². The fraction of sp³-hybridized carbons (Fsp3) is 0.214. The minimum absolute atomic E-state index is 0.172. The van der Waals surface area contributed by atoms with Crippen molar-refractivity contribution in [3.05, 3.63) is 96.7 Å². The average Bonchev–Trinajstić information content (AvgIpc) is 3.18. The zero-order valence-electron chi connectivity index (χ0n) is 20.9. The molecule has 1 aromatic heterocycles. The van der Waals surface area contributed by atoms with E-state index in [0.717, 1.165) is 5.56 Å². The third-order valence-corrected chi connectivity index (χ3v) is 6.61. The van der Waals surface area contributed by atoms with Crippen molar-refractivity contribution in [2.24, 2.45) is 4.99 Å². The summed E-state index contributed by atoms with van der Waals surface area (Å²) in [6.07, 6.45) is 5.46. The van der Waals surface area contributed by atoms with E-state index in [4.69, 9.17) is 14.2 Å². The average molecular weight is 519 g/mol. The monoisotopic (exact) mass is 518 g/mol. The van der Waals surface area contributed by atoms with Gasteiger partial charge in [0.15, 0.2) is 16.3 Å². The summed E-state index contributed by atoms with van der Waals surface area (Å²) in [4.78, 5) is 43.2. The number of hydrogen-bond donors (Lipinski definition) is 0. The number of ether oxygens (including phenoxy) is 3. The maximum Gasteiger partial charge on any atom is 0.338 e. The minimum atomic E-state index is -0.809. The molecule has 1 aliphatic heterocycles. The fourth-order valence-corrected chi connectivity index (χ4v) is 5.02. The Morgan fingerprint density at radius 2 is 1.89 bits per heavy atom. The highest BCUT2D eigenvalue weighted by atomic mass is 32.1. The minimum Gasteiger partial charge on any atom is -0.493 e. The summed E-state index contributed by atoms with van der Waals surface area (Å²) in [5.41, 5.74) is 2.01. The predicted octanol–water partition coefficient (Wildman–Crippen LogP) is 3.40. The number of rotatable bonds is 7. The summed E-state index contributed by atoms with van der Waals surface area (Å²) in [5, 5.41) is 0. The quantitative estimate of drug-likeness (QED) is 0.351. The first-order valence-corrected chi connectivity index (χ1v) is 12.4. The Morgan fingerprint density at radius 3 is 2.57 bits per heavy atom. The second-order valence-electron chi connectivity index (χ2n) is 8.10. The number of aromatic nitrogens is 1. The SMILES string of the molecule is CCOC(=O)C1=C(C)N=c2s/c(=C\C=C\c3ccccc3)c(=O)n2C1c1ccc(OC(C)=O)c(OC)c1. The molecule has 0 radical (unpaired) electrons. The van der Waals surface area contributed by atoms with Crippen LogP contribution in [0.5, 0.6) is 11.5 Å². The van der Waals surface area contributed by atoms with Crippen LogP contribution in [-0.2, 0) is 14.3 Å². The molecule has 1 aliphatic rings. The number of hydrogen-bond acceptors (Lipinski definition) is 8. The first kappa shape index (κ1) is 25.8. The highest BCUT2D eigenvalue weighted by molar-refractivity contribution is 7.07. The molecule has 1 unspecified atom stereocenters. The van der Waals surface area contributed by atoms with Crippen LogP contribution in [-0.4, -0.2) is 30.2 Å². The molecule has 0 fully saturated rings. The lowest BCUT2D eigenvalue weighted by molar-refractivity contribution is -0.139. The van der Waals surface area contributed by atoms with Crippen molar-refractivity contribution < 1.29 is 23.8 Å². The van der Waals surface area contributed by atoms with Crippen LogP contribution in [0.25, 0.3) is 12.2 Å². The van der Waals surface area contributed by atoms with E-state index in [2.05, 4.69) is 4.99 Å². The van der Waals surface area contributed by atoms with Crippen molar-refractivity contribution in [2.75, 3.05) is 13.7 Å². The molecular weight excluding hydrogens is 492 g/mol. The van der Waals surface area contributed by atoms with Crippen LogP contribution in [0.4, 0.5) is 0 Å². The van der Waals surface area contributed by atoms with Crippen LogP contribution in [0.1, 0.15) is 37.9 Å². The third-order valence-electron chi connectivity index (χ3n) is 5.61. The molecule has 1 atom stereocenters. The van der Waals surface area contributed by atoms with Gasteiger partial charge in [0.1, 0.15) is 0 Å². The van der Waals surface area contributed by atoms with Crippen LogP contribution in [0.3, 0.4) is 0 Å². The van der Waals surface area contributed by atoms with Crippen molar-refractivity contribution in [3.8, 4) is 11.5 Å². The molecule has 0 spiro atoms. The van der Waals surface area contributed by atoms with Gasteiger partial charge in [0.25, 0.3) is 5.56 Å². The molecule has 0 aliphatic carbocycles. The first-order chi connectivity index (χ1) is 17.8. The molecule has 0 saturated carbocycles. The van der Waals surface area contributed by atoms with E-state index in [9.17, 15) is 14.4 Å². The van der Waals surface area contributed by atoms with E-state index in [1.807, 2.05) is 42.5 Å². The number of thiazole rings is 1. The number of allylic oxidation sites excluding steroid dienone is 2. The van der Waals surface area contributed by atoms with Gasteiger partial charge in [0.05, 0.1) is 35.6 Å². The van der Waals surface area contributed by atoms with Crippen molar-refractivity contribution in [3.63, 3.8) is 0 Å². The van der Waals surface area contributed by atoms with Gasteiger partial charge in [0.2, 0.25) is 0 Å². The van der Waals surface area contributed by atoms with Crippen molar-refractivity contribution in [2.45, 2.75) is 26.8 Å². The summed E-state index contributed by atoms with van der Waals surface area (Å²) in [5.74, 6) is -0.533. The number of nitrogens with zero attached hydrogens (tertiary/aromatic N) is 2. The van der Waals surface area contributed by atoms with Crippen molar-refractivity contribution >= 4 is 35.4 Å². The zero-order chi connectivity index (χ0) is 26.5. The summed E-state index contributed by atoms with van der Waals surface area (Å²) in [6, 6.07) is 13.8. The van der Waals surface area contributed by atoms with E-state index in [-0.39, 0.29) is 23.5 Å². The lowest BCUT2D eigenvalue weighted by Gasteiger charge is -2.25. The van der Waals surface area contributed by atoms with Gasteiger partial charge < -0.3 is 14.2 Å². The zero-order valence-corrected chi connectivity index (χ0v) is 21.7. The number of esters is 2. The Hall–Kier alpha value is -4.24. The molecule has 3 aromatic rings. The van der Waals surface area contributed by atoms with E-state index in [1.54, 1.807) is 38.1 Å². The lowest BCUT2D eigenvalue weighted by Crippen LogP contribution is -2.39. The number of fused-ring (bicyclic) bond motifs is 1. The molecule has 0 N–H and O–H groups in total. The summed E-state index contributed by atoms with van der Waals surface area (Å²) >= 11 is 1.24. The number of carbonyl (C=O) groups excluding carboxylic acids is 2. The van der Waals surface area contributed by atoms with Crippen molar-refractivity contribution in [1.29, 1.82) is 0 Å². The van der Waals surface area contributed by atoms with Crippen LogP contribution in [0.2, 0.25) is 0 Å². The maximum absolute atomic E-state index is 13.6. The summed E-state index contributed by atoms with van der Waals surface area (Å²) in [6.45, 7) is 4.90. The van der Waals surface area contributed by atoms with Crippen LogP contribution in [0, 0.1) is 0 Å². The Bertz CT molecular complexity index is 1580. The highest BCUT2D eigenvalue weighted by Gasteiger charge is 2.34. The van der Waals surface area contributed by atoms with Crippen LogP contribution >= 0.6 is 11.3 Å². The molecule has 9 heteroatoms. The molecule has 0 amide bonds. The van der Waals surface area contributed by atoms with Gasteiger partial charge >= 0.3 is 11.9 Å². The second-order valence-corrected chi connectivity index (χ2v) is 9.11. The smallest absolute Gasteiger partial charge is 0.338 e. The van der Waals surface area contributed by atoms with Gasteiger partial charge in [-0.3, -0.25) is 14.2 Å². The third kappa shape index (κ3) is 5.46. The molecule has 2 heterocycles. The Kier molecular flexibility index (Phi) is 7.83. The molecule has 190 valence electrons. The molecule has 4 rings (SSSR count). The van der Waals surface area contributed by atoms with E-state index >= 15 is 0 Å².